The Balaban J connectivity index is 0.00000288. The van der Waals surface area contributed by atoms with E-state index in [0.29, 0.717) is 25.7 Å². The zero-order chi connectivity index (χ0) is 16.5. The maximum absolute atomic E-state index is 11.6. The van der Waals surface area contributed by atoms with Gasteiger partial charge in [0.05, 0.1) is 13.1 Å². The van der Waals surface area contributed by atoms with Crippen molar-refractivity contribution in [3.05, 3.63) is 24.3 Å². The number of hydrogen-bond donors (Lipinski definition) is 3. The van der Waals surface area contributed by atoms with Gasteiger partial charge in [0, 0.05) is 13.6 Å². The van der Waals surface area contributed by atoms with Gasteiger partial charge in [0.15, 0.2) is 17.5 Å². The van der Waals surface area contributed by atoms with Gasteiger partial charge in [-0.25, -0.2) is 0 Å². The third-order valence-electron chi connectivity index (χ3n) is 3.28. The topological polar surface area (TPSA) is 84.0 Å². The number of carbonyl (C=O) groups excluding carboxylic acids is 1. The molecule has 1 unspecified atom stereocenters. The predicted molar refractivity (Wildman–Crippen MR) is 104 cm³/mol. The van der Waals surface area contributed by atoms with Crippen LogP contribution < -0.4 is 25.4 Å². The van der Waals surface area contributed by atoms with Crippen LogP contribution in [0.4, 0.5) is 0 Å². The van der Waals surface area contributed by atoms with Gasteiger partial charge in [-0.2, -0.15) is 0 Å². The van der Waals surface area contributed by atoms with Crippen LogP contribution in [0.2, 0.25) is 0 Å². The molecule has 7 nitrogen and oxygen atoms in total. The quantitative estimate of drug-likeness (QED) is 0.346. The van der Waals surface area contributed by atoms with Crippen LogP contribution in [-0.2, 0) is 4.79 Å². The number of ether oxygens (including phenoxy) is 2. The number of guanidine groups is 1. The Morgan fingerprint density at radius 2 is 2.00 bits per heavy atom. The third-order valence-corrected chi connectivity index (χ3v) is 3.28. The summed E-state index contributed by atoms with van der Waals surface area (Å²) in [5.74, 6) is 2.01. The summed E-state index contributed by atoms with van der Waals surface area (Å²) in [5.41, 5.74) is 0. The minimum Gasteiger partial charge on any atom is -0.486 e. The van der Waals surface area contributed by atoms with Crippen molar-refractivity contribution >= 4 is 35.8 Å². The number of benzene rings is 1. The Morgan fingerprint density at radius 3 is 2.71 bits per heavy atom. The van der Waals surface area contributed by atoms with Crippen molar-refractivity contribution in [1.82, 2.24) is 16.0 Å². The van der Waals surface area contributed by atoms with Crippen molar-refractivity contribution < 1.29 is 14.3 Å². The lowest BCUT2D eigenvalue weighted by atomic mass is 10.2. The number of carbonyl (C=O) groups is 1. The number of para-hydroxylation sites is 2. The molecule has 0 fully saturated rings. The normalized spacial score (nSPS) is 15.9. The number of rotatable bonds is 6. The van der Waals surface area contributed by atoms with Crippen molar-refractivity contribution in [3.8, 4) is 11.5 Å². The summed E-state index contributed by atoms with van der Waals surface area (Å²) in [6.07, 6.45) is 0.802. The molecule has 134 valence electrons. The lowest BCUT2D eigenvalue weighted by molar-refractivity contribution is -0.120. The molecule has 1 aromatic rings. The molecule has 1 aromatic carbocycles. The van der Waals surface area contributed by atoms with E-state index in [1.807, 2.05) is 31.2 Å². The highest BCUT2D eigenvalue weighted by atomic mass is 127. The van der Waals surface area contributed by atoms with Gasteiger partial charge in [-0.05, 0) is 18.6 Å². The van der Waals surface area contributed by atoms with Gasteiger partial charge < -0.3 is 25.4 Å². The molecule has 0 saturated carbocycles. The summed E-state index contributed by atoms with van der Waals surface area (Å²) >= 11 is 0. The summed E-state index contributed by atoms with van der Waals surface area (Å²) < 4.78 is 11.5. The zero-order valence-corrected chi connectivity index (χ0v) is 16.3. The lowest BCUT2D eigenvalue weighted by Gasteiger charge is -2.27. The molecule has 1 amide bonds. The van der Waals surface area contributed by atoms with Crippen LogP contribution in [0, 0.1) is 0 Å². The van der Waals surface area contributed by atoms with Crippen LogP contribution in [0.25, 0.3) is 0 Å². The molecule has 24 heavy (non-hydrogen) atoms. The van der Waals surface area contributed by atoms with Crippen LogP contribution >= 0.6 is 24.0 Å². The number of fused-ring (bicyclic) bond motifs is 1. The highest BCUT2D eigenvalue weighted by Gasteiger charge is 2.20. The smallest absolute Gasteiger partial charge is 0.239 e. The number of aliphatic imine (C=N–C) groups is 1. The van der Waals surface area contributed by atoms with Gasteiger partial charge in [-0.1, -0.05) is 19.1 Å². The molecular formula is C16H25IN4O3. The molecular weight excluding hydrogens is 423 g/mol. The van der Waals surface area contributed by atoms with Crippen molar-refractivity contribution in [2.24, 2.45) is 4.99 Å². The van der Waals surface area contributed by atoms with E-state index >= 15 is 0 Å². The second-order valence-corrected chi connectivity index (χ2v) is 5.15. The number of nitrogens with one attached hydrogen (secondary N) is 3. The largest absolute Gasteiger partial charge is 0.486 e. The zero-order valence-electron chi connectivity index (χ0n) is 14.0. The Labute approximate surface area is 159 Å². The standard InChI is InChI=1S/C16H24N4O3.HI/c1-3-8-18-15(21)10-20-16(17-2)19-9-12-11-22-13-6-4-5-7-14(13)23-12;/h4-7,12H,3,8-11H2,1-2H3,(H,18,21)(H2,17,19,20);1H. The van der Waals surface area contributed by atoms with Crippen LogP contribution in [0.5, 0.6) is 11.5 Å². The van der Waals surface area contributed by atoms with Gasteiger partial charge in [-0.15, -0.1) is 24.0 Å². The van der Waals surface area contributed by atoms with Gasteiger partial charge in [0.1, 0.15) is 12.7 Å². The Kier molecular flexibility index (Phi) is 9.28. The summed E-state index contributed by atoms with van der Waals surface area (Å²) in [5, 5.41) is 8.90. The van der Waals surface area contributed by atoms with Crippen LogP contribution in [0.1, 0.15) is 13.3 Å². The van der Waals surface area contributed by atoms with E-state index in [1.54, 1.807) is 7.05 Å². The van der Waals surface area contributed by atoms with E-state index in [9.17, 15) is 4.79 Å². The van der Waals surface area contributed by atoms with Crippen molar-refractivity contribution in [2.75, 3.05) is 33.3 Å². The van der Waals surface area contributed by atoms with E-state index in [1.165, 1.54) is 0 Å². The van der Waals surface area contributed by atoms with E-state index in [4.69, 9.17) is 9.47 Å². The number of halogens is 1. The minimum absolute atomic E-state index is 0. The third kappa shape index (κ3) is 6.42. The van der Waals surface area contributed by atoms with E-state index in [0.717, 1.165) is 17.9 Å². The summed E-state index contributed by atoms with van der Waals surface area (Å²) in [6.45, 7) is 3.88. The molecule has 2 rings (SSSR count). The minimum atomic E-state index is -0.114. The van der Waals surface area contributed by atoms with Gasteiger partial charge in [0.2, 0.25) is 5.91 Å². The van der Waals surface area contributed by atoms with E-state index in [-0.39, 0.29) is 42.5 Å². The first-order valence-electron chi connectivity index (χ1n) is 7.82. The average Bonchev–Trinajstić information content (AvgIpc) is 2.59. The molecule has 1 aliphatic heterocycles. The van der Waals surface area contributed by atoms with Gasteiger partial charge in [0.25, 0.3) is 0 Å². The molecule has 0 spiro atoms. The van der Waals surface area contributed by atoms with Crippen LogP contribution in [0.3, 0.4) is 0 Å². The maximum Gasteiger partial charge on any atom is 0.239 e. The monoisotopic (exact) mass is 448 g/mol. The van der Waals surface area contributed by atoms with Crippen molar-refractivity contribution in [2.45, 2.75) is 19.4 Å². The molecule has 0 aliphatic carbocycles. The maximum atomic E-state index is 11.6. The van der Waals surface area contributed by atoms with E-state index in [2.05, 4.69) is 20.9 Å². The Morgan fingerprint density at radius 1 is 1.25 bits per heavy atom. The average molecular weight is 448 g/mol. The molecule has 3 N–H and O–H groups in total. The molecule has 1 atom stereocenters. The molecule has 0 bridgehead atoms. The first-order chi connectivity index (χ1) is 11.2. The van der Waals surface area contributed by atoms with Gasteiger partial charge >= 0.3 is 0 Å². The summed E-state index contributed by atoms with van der Waals surface area (Å²) in [6, 6.07) is 7.59. The van der Waals surface area contributed by atoms with Gasteiger partial charge in [-0.3, -0.25) is 9.79 Å². The second-order valence-electron chi connectivity index (χ2n) is 5.15. The summed E-state index contributed by atoms with van der Waals surface area (Å²) in [7, 11) is 1.66. The molecule has 0 radical (unpaired) electrons. The number of amides is 1. The number of hydrogen-bond acceptors (Lipinski definition) is 4. The van der Waals surface area contributed by atoms with Crippen LogP contribution in [-0.4, -0.2) is 51.3 Å². The summed E-state index contributed by atoms with van der Waals surface area (Å²) in [4.78, 5) is 15.7. The molecule has 1 aliphatic rings. The highest BCUT2D eigenvalue weighted by Crippen LogP contribution is 2.30. The first-order valence-corrected chi connectivity index (χ1v) is 7.82. The second kappa shape index (κ2) is 11.0. The molecule has 1 heterocycles. The Bertz CT molecular complexity index is 554. The fourth-order valence-electron chi connectivity index (χ4n) is 2.09. The number of nitrogens with zero attached hydrogens (tertiary/aromatic N) is 1. The van der Waals surface area contributed by atoms with Crippen molar-refractivity contribution in [3.63, 3.8) is 0 Å². The van der Waals surface area contributed by atoms with Crippen LogP contribution in [0.15, 0.2) is 29.3 Å². The SMILES string of the molecule is CCCNC(=O)CNC(=NC)NCC1COc2ccccc2O1.I. The molecule has 0 saturated heterocycles. The first kappa shape index (κ1) is 20.3. The molecule has 0 aromatic heterocycles. The lowest BCUT2D eigenvalue weighted by Crippen LogP contribution is -2.47. The fourth-order valence-corrected chi connectivity index (χ4v) is 2.09. The Hall–Kier alpha value is -1.71. The van der Waals surface area contributed by atoms with Crippen molar-refractivity contribution in [1.29, 1.82) is 0 Å². The molecule has 8 heteroatoms. The predicted octanol–water partition coefficient (Wildman–Crippen LogP) is 1.14. The van der Waals surface area contributed by atoms with E-state index < -0.39 is 0 Å². The highest BCUT2D eigenvalue weighted by molar-refractivity contribution is 14.0. The fraction of sp³-hybridized carbons (Fsp3) is 0.500.